The Hall–Kier alpha value is -1.70. The van der Waals surface area contributed by atoms with Crippen LogP contribution in [0.4, 0.5) is 4.39 Å². The summed E-state index contributed by atoms with van der Waals surface area (Å²) >= 11 is 7.27. The number of carbonyl (C=O) groups excluding carboxylic acids is 2. The first kappa shape index (κ1) is 18.6. The third-order valence-electron chi connectivity index (χ3n) is 3.23. The largest absolute Gasteiger partial charge is 0.372 e. The molecule has 0 spiro atoms. The first-order valence-corrected chi connectivity index (χ1v) is 8.65. The molecule has 130 valence electrons. The third kappa shape index (κ3) is 4.43. The number of thiophene rings is 1. The van der Waals surface area contributed by atoms with E-state index in [1.807, 2.05) is 0 Å². The van der Waals surface area contributed by atoms with Gasteiger partial charge in [0.05, 0.1) is 5.02 Å². The number of hydrogen-bond donors (Lipinski definition) is 2. The number of benzene rings is 1. The zero-order chi connectivity index (χ0) is 17.7. The maximum absolute atomic E-state index is 13.8. The Labute approximate surface area is 148 Å². The van der Waals surface area contributed by atoms with E-state index in [1.54, 1.807) is 26.0 Å². The van der Waals surface area contributed by atoms with Gasteiger partial charge in [-0.2, -0.15) is 0 Å². The minimum absolute atomic E-state index is 0.0177. The Balaban J connectivity index is 1.97. The predicted octanol–water partition coefficient (Wildman–Crippen LogP) is 2.96. The monoisotopic (exact) mass is 372 g/mol. The molecule has 0 saturated heterocycles. The zero-order valence-electron chi connectivity index (χ0n) is 13.3. The minimum atomic E-state index is -0.454. The van der Waals surface area contributed by atoms with Crippen molar-refractivity contribution in [2.75, 3.05) is 19.8 Å². The van der Waals surface area contributed by atoms with E-state index in [1.165, 1.54) is 6.07 Å². The lowest BCUT2D eigenvalue weighted by Crippen LogP contribution is -2.43. The van der Waals surface area contributed by atoms with Gasteiger partial charge in [-0.1, -0.05) is 17.7 Å². The van der Waals surface area contributed by atoms with Crippen molar-refractivity contribution in [2.45, 2.75) is 19.9 Å². The fraction of sp³-hybridized carbons (Fsp3) is 0.375. The molecule has 2 aromatic rings. The molecule has 0 fully saturated rings. The van der Waals surface area contributed by atoms with E-state index in [-0.39, 0.29) is 40.4 Å². The normalized spacial score (nSPS) is 12.2. The maximum atomic E-state index is 13.8. The van der Waals surface area contributed by atoms with E-state index in [4.69, 9.17) is 16.3 Å². The van der Waals surface area contributed by atoms with Crippen LogP contribution in [0.5, 0.6) is 0 Å². The Kier molecular flexibility index (Phi) is 6.53. The molecule has 2 amide bonds. The minimum Gasteiger partial charge on any atom is -0.372 e. The molecule has 1 aromatic heterocycles. The van der Waals surface area contributed by atoms with E-state index in [0.29, 0.717) is 11.3 Å². The lowest BCUT2D eigenvalue weighted by Gasteiger charge is -2.14. The van der Waals surface area contributed by atoms with E-state index in [2.05, 4.69) is 10.6 Å². The van der Waals surface area contributed by atoms with Gasteiger partial charge in [0, 0.05) is 29.3 Å². The van der Waals surface area contributed by atoms with Crippen LogP contribution in [-0.4, -0.2) is 37.6 Å². The Bertz CT molecular complexity index is 750. The van der Waals surface area contributed by atoms with E-state index in [0.717, 1.165) is 11.3 Å². The molecule has 1 aromatic carbocycles. The van der Waals surface area contributed by atoms with Crippen LogP contribution in [0.3, 0.4) is 0 Å². The summed E-state index contributed by atoms with van der Waals surface area (Å²) in [6, 6.07) is 4.31. The molecule has 0 aliphatic heterocycles. The van der Waals surface area contributed by atoms with Gasteiger partial charge in [-0.25, -0.2) is 4.39 Å². The van der Waals surface area contributed by atoms with E-state index < -0.39 is 11.7 Å². The van der Waals surface area contributed by atoms with Crippen molar-refractivity contribution in [3.05, 3.63) is 33.9 Å². The van der Waals surface area contributed by atoms with Gasteiger partial charge < -0.3 is 15.4 Å². The van der Waals surface area contributed by atoms with Crippen LogP contribution in [0.15, 0.2) is 18.2 Å². The summed E-state index contributed by atoms with van der Waals surface area (Å²) < 4.78 is 19.4. The van der Waals surface area contributed by atoms with Crippen molar-refractivity contribution in [3.8, 4) is 0 Å². The van der Waals surface area contributed by atoms with Crippen molar-refractivity contribution in [2.24, 2.45) is 0 Å². The van der Waals surface area contributed by atoms with Gasteiger partial charge in [-0.05, 0) is 26.0 Å². The van der Waals surface area contributed by atoms with Crippen LogP contribution < -0.4 is 10.6 Å². The fourth-order valence-electron chi connectivity index (χ4n) is 2.11. The molecule has 0 unspecified atom stereocenters. The summed E-state index contributed by atoms with van der Waals surface area (Å²) in [4.78, 5) is 24.0. The highest BCUT2D eigenvalue weighted by Crippen LogP contribution is 2.36. The number of halogens is 2. The Morgan fingerprint density at radius 1 is 1.42 bits per heavy atom. The molecule has 2 rings (SSSR count). The number of fused-ring (bicyclic) bond motifs is 1. The lowest BCUT2D eigenvalue weighted by atomic mass is 10.2. The van der Waals surface area contributed by atoms with Crippen LogP contribution in [-0.2, 0) is 9.53 Å². The van der Waals surface area contributed by atoms with Crippen molar-refractivity contribution in [1.82, 2.24) is 10.6 Å². The fourth-order valence-corrected chi connectivity index (χ4v) is 3.58. The molecule has 5 nitrogen and oxygen atoms in total. The molecule has 24 heavy (non-hydrogen) atoms. The SMILES string of the molecule is CCOCC(=O)N[C@H](C)CNC(=O)c1sc2cccc(F)c2c1Cl. The molecule has 8 heteroatoms. The van der Waals surface area contributed by atoms with Gasteiger partial charge in [-0.15, -0.1) is 11.3 Å². The van der Waals surface area contributed by atoms with Gasteiger partial charge in [0.25, 0.3) is 5.91 Å². The van der Waals surface area contributed by atoms with Crippen LogP contribution in [0.2, 0.25) is 5.02 Å². The Morgan fingerprint density at radius 3 is 2.83 bits per heavy atom. The molecule has 2 N–H and O–H groups in total. The van der Waals surface area contributed by atoms with Gasteiger partial charge in [0.2, 0.25) is 5.91 Å². The second-order valence-corrected chi connectivity index (χ2v) is 6.60. The van der Waals surface area contributed by atoms with Crippen molar-refractivity contribution >= 4 is 44.8 Å². The molecule has 1 atom stereocenters. The second kappa shape index (κ2) is 8.41. The van der Waals surface area contributed by atoms with E-state index in [9.17, 15) is 14.0 Å². The summed E-state index contributed by atoms with van der Waals surface area (Å²) in [7, 11) is 0. The summed E-state index contributed by atoms with van der Waals surface area (Å²) in [6.07, 6.45) is 0. The number of carbonyl (C=O) groups is 2. The number of rotatable bonds is 7. The van der Waals surface area contributed by atoms with Crippen LogP contribution in [0.25, 0.3) is 10.1 Å². The highest BCUT2D eigenvalue weighted by atomic mass is 35.5. The molecular weight excluding hydrogens is 355 g/mol. The maximum Gasteiger partial charge on any atom is 0.263 e. The molecule has 0 radical (unpaired) electrons. The smallest absolute Gasteiger partial charge is 0.263 e. The van der Waals surface area contributed by atoms with Crippen molar-refractivity contribution in [1.29, 1.82) is 0 Å². The van der Waals surface area contributed by atoms with Crippen molar-refractivity contribution < 1.29 is 18.7 Å². The van der Waals surface area contributed by atoms with Gasteiger partial charge in [0.1, 0.15) is 17.3 Å². The Morgan fingerprint density at radius 2 is 2.17 bits per heavy atom. The standard InChI is InChI=1S/C16H18ClFN2O3S/c1-3-23-8-12(21)20-9(2)7-19-16(22)15-14(17)13-10(18)5-4-6-11(13)24-15/h4-6,9H,3,7-8H2,1-2H3,(H,19,22)(H,20,21)/t9-/m1/s1. The molecule has 0 saturated carbocycles. The van der Waals surface area contributed by atoms with Crippen LogP contribution >= 0.6 is 22.9 Å². The lowest BCUT2D eigenvalue weighted by molar-refractivity contribution is -0.126. The number of ether oxygens (including phenoxy) is 1. The van der Waals surface area contributed by atoms with E-state index >= 15 is 0 Å². The average molecular weight is 373 g/mol. The van der Waals surface area contributed by atoms with Crippen LogP contribution in [0.1, 0.15) is 23.5 Å². The van der Waals surface area contributed by atoms with Crippen LogP contribution in [0, 0.1) is 5.82 Å². The molecular formula is C16H18ClFN2O3S. The average Bonchev–Trinajstić information content (AvgIpc) is 2.89. The molecule has 0 bridgehead atoms. The zero-order valence-corrected chi connectivity index (χ0v) is 14.9. The summed E-state index contributed by atoms with van der Waals surface area (Å²) in [5.41, 5.74) is 0. The first-order valence-electron chi connectivity index (χ1n) is 7.45. The van der Waals surface area contributed by atoms with Gasteiger partial charge >= 0.3 is 0 Å². The highest BCUT2D eigenvalue weighted by molar-refractivity contribution is 7.21. The van der Waals surface area contributed by atoms with Crippen molar-refractivity contribution in [3.63, 3.8) is 0 Å². The highest BCUT2D eigenvalue weighted by Gasteiger charge is 2.19. The van der Waals surface area contributed by atoms with Gasteiger partial charge in [0.15, 0.2) is 0 Å². The summed E-state index contributed by atoms with van der Waals surface area (Å²) in [5.74, 6) is -1.10. The summed E-state index contributed by atoms with van der Waals surface area (Å²) in [6.45, 7) is 4.23. The number of hydrogen-bond acceptors (Lipinski definition) is 4. The topological polar surface area (TPSA) is 67.4 Å². The number of nitrogens with one attached hydrogen (secondary N) is 2. The molecule has 0 aliphatic rings. The second-order valence-electron chi connectivity index (χ2n) is 5.17. The molecule has 1 heterocycles. The van der Waals surface area contributed by atoms with Gasteiger partial charge in [-0.3, -0.25) is 9.59 Å². The third-order valence-corrected chi connectivity index (χ3v) is 4.87. The molecule has 0 aliphatic carbocycles. The number of amides is 2. The first-order chi connectivity index (χ1) is 11.4. The summed E-state index contributed by atoms with van der Waals surface area (Å²) in [5, 5.41) is 5.76. The predicted molar refractivity (Wildman–Crippen MR) is 93.2 cm³/mol. The quantitative estimate of drug-likeness (QED) is 0.785.